The van der Waals surface area contributed by atoms with Gasteiger partial charge in [-0.25, -0.2) is 0 Å². The zero-order chi connectivity index (χ0) is 14.1. The van der Waals surface area contributed by atoms with E-state index in [1.165, 1.54) is 0 Å². The second-order valence-corrected chi connectivity index (χ2v) is 4.90. The first-order valence-corrected chi connectivity index (χ1v) is 6.54. The van der Waals surface area contributed by atoms with Crippen LogP contribution in [0.3, 0.4) is 0 Å². The summed E-state index contributed by atoms with van der Waals surface area (Å²) in [6.45, 7) is -0.369. The first kappa shape index (κ1) is 13.4. The lowest BCUT2D eigenvalue weighted by atomic mass is 10.0. The SMILES string of the molecule is OCC1O[C@@H](Oc2c[nH]c3ccccc23)C[C@@H](O)[C@@H]1O. The lowest BCUT2D eigenvalue weighted by Crippen LogP contribution is -2.51. The molecule has 108 valence electrons. The third-order valence-electron chi connectivity index (χ3n) is 3.53. The van der Waals surface area contributed by atoms with E-state index in [0.717, 1.165) is 10.9 Å². The maximum atomic E-state index is 9.76. The molecule has 1 saturated heterocycles. The van der Waals surface area contributed by atoms with E-state index in [1.54, 1.807) is 6.20 Å². The van der Waals surface area contributed by atoms with Gasteiger partial charge in [0.1, 0.15) is 18.0 Å². The van der Waals surface area contributed by atoms with E-state index in [0.29, 0.717) is 5.75 Å². The molecule has 0 bridgehead atoms. The summed E-state index contributed by atoms with van der Waals surface area (Å²) in [7, 11) is 0. The summed E-state index contributed by atoms with van der Waals surface area (Å²) < 4.78 is 11.2. The monoisotopic (exact) mass is 279 g/mol. The number of H-pyrrole nitrogens is 1. The smallest absolute Gasteiger partial charge is 0.203 e. The zero-order valence-electron chi connectivity index (χ0n) is 10.8. The second-order valence-electron chi connectivity index (χ2n) is 4.90. The van der Waals surface area contributed by atoms with Gasteiger partial charge in [-0.2, -0.15) is 0 Å². The van der Waals surface area contributed by atoms with Crippen LogP contribution in [0.2, 0.25) is 0 Å². The van der Waals surface area contributed by atoms with Crippen LogP contribution in [0.5, 0.6) is 5.75 Å². The van der Waals surface area contributed by atoms with Crippen LogP contribution in [0.4, 0.5) is 0 Å². The van der Waals surface area contributed by atoms with Crippen LogP contribution in [0.25, 0.3) is 10.9 Å². The molecule has 0 radical (unpaired) electrons. The molecule has 20 heavy (non-hydrogen) atoms. The number of aromatic amines is 1. The van der Waals surface area contributed by atoms with Gasteiger partial charge in [-0.15, -0.1) is 0 Å². The summed E-state index contributed by atoms with van der Waals surface area (Å²) in [6, 6.07) is 7.67. The topological polar surface area (TPSA) is 94.9 Å². The number of nitrogens with one attached hydrogen (secondary N) is 1. The van der Waals surface area contributed by atoms with Crippen molar-refractivity contribution in [2.75, 3.05) is 6.61 Å². The molecule has 1 aromatic carbocycles. The van der Waals surface area contributed by atoms with Crippen molar-refractivity contribution in [3.63, 3.8) is 0 Å². The van der Waals surface area contributed by atoms with Gasteiger partial charge in [0.15, 0.2) is 0 Å². The van der Waals surface area contributed by atoms with Gasteiger partial charge in [0.25, 0.3) is 0 Å². The summed E-state index contributed by atoms with van der Waals surface area (Å²) in [5.41, 5.74) is 0.942. The van der Waals surface area contributed by atoms with E-state index in [1.807, 2.05) is 24.3 Å². The van der Waals surface area contributed by atoms with Gasteiger partial charge in [0, 0.05) is 23.5 Å². The molecule has 2 heterocycles. The van der Waals surface area contributed by atoms with Gasteiger partial charge in [-0.1, -0.05) is 12.1 Å². The van der Waals surface area contributed by atoms with Crippen molar-refractivity contribution in [1.82, 2.24) is 4.98 Å². The number of aliphatic hydroxyl groups excluding tert-OH is 3. The number of aromatic nitrogens is 1. The van der Waals surface area contributed by atoms with Crippen molar-refractivity contribution >= 4 is 10.9 Å². The van der Waals surface area contributed by atoms with Crippen LogP contribution in [-0.4, -0.2) is 51.5 Å². The highest BCUT2D eigenvalue weighted by atomic mass is 16.7. The van der Waals surface area contributed by atoms with Gasteiger partial charge in [0.2, 0.25) is 6.29 Å². The maximum Gasteiger partial charge on any atom is 0.203 e. The number of ether oxygens (including phenoxy) is 2. The fourth-order valence-electron chi connectivity index (χ4n) is 2.43. The van der Waals surface area contributed by atoms with Gasteiger partial charge in [-0.05, 0) is 12.1 Å². The molecule has 6 heteroatoms. The summed E-state index contributed by atoms with van der Waals surface area (Å²) in [6.07, 6.45) is -1.74. The Morgan fingerprint density at radius 1 is 1.30 bits per heavy atom. The van der Waals surface area contributed by atoms with Gasteiger partial charge < -0.3 is 29.8 Å². The molecule has 0 amide bonds. The Labute approximate surface area is 115 Å². The summed E-state index contributed by atoms with van der Waals surface area (Å²) >= 11 is 0. The Balaban J connectivity index is 1.77. The molecule has 1 fully saturated rings. The molecular formula is C14H17NO5. The summed E-state index contributed by atoms with van der Waals surface area (Å²) in [5, 5.41) is 29.5. The molecule has 6 nitrogen and oxygen atoms in total. The molecule has 4 N–H and O–H groups in total. The van der Waals surface area contributed by atoms with Crippen molar-refractivity contribution in [1.29, 1.82) is 0 Å². The number of hydrogen-bond donors (Lipinski definition) is 4. The largest absolute Gasteiger partial charge is 0.463 e. The molecule has 4 atom stereocenters. The lowest BCUT2D eigenvalue weighted by Gasteiger charge is -2.35. The number of fused-ring (bicyclic) bond motifs is 1. The number of rotatable bonds is 3. The molecular weight excluding hydrogens is 262 g/mol. The fourth-order valence-corrected chi connectivity index (χ4v) is 2.43. The minimum Gasteiger partial charge on any atom is -0.463 e. The molecule has 0 aliphatic carbocycles. The van der Waals surface area contributed by atoms with E-state index in [-0.39, 0.29) is 13.0 Å². The van der Waals surface area contributed by atoms with Crippen molar-refractivity contribution in [2.24, 2.45) is 0 Å². The first-order chi connectivity index (χ1) is 9.69. The molecule has 0 saturated carbocycles. The Morgan fingerprint density at radius 3 is 2.90 bits per heavy atom. The molecule has 1 aliphatic rings. The van der Waals surface area contributed by atoms with E-state index in [4.69, 9.17) is 14.6 Å². The second kappa shape index (κ2) is 5.41. The van der Waals surface area contributed by atoms with Crippen LogP contribution in [-0.2, 0) is 4.74 Å². The minimum atomic E-state index is -1.09. The van der Waals surface area contributed by atoms with E-state index in [9.17, 15) is 10.2 Å². The summed E-state index contributed by atoms with van der Waals surface area (Å²) in [4.78, 5) is 3.08. The third-order valence-corrected chi connectivity index (χ3v) is 3.53. The standard InChI is InChI=1S/C14H17NO5/c16-7-12-14(18)10(17)5-13(20-12)19-11-6-15-9-4-2-1-3-8(9)11/h1-4,6,10,12-18H,5,7H2/t10-,12?,13-,14+/m1/s1. The van der Waals surface area contributed by atoms with Crippen molar-refractivity contribution in [3.8, 4) is 5.75 Å². The van der Waals surface area contributed by atoms with Gasteiger partial charge >= 0.3 is 0 Å². The molecule has 1 aromatic heterocycles. The Bertz CT molecular complexity index is 584. The van der Waals surface area contributed by atoms with Crippen LogP contribution in [0.1, 0.15) is 6.42 Å². The van der Waals surface area contributed by atoms with E-state index >= 15 is 0 Å². The quantitative estimate of drug-likeness (QED) is 0.651. The highest BCUT2D eigenvalue weighted by molar-refractivity contribution is 5.85. The Hall–Kier alpha value is -1.60. The van der Waals surface area contributed by atoms with E-state index in [2.05, 4.69) is 4.98 Å². The molecule has 0 spiro atoms. The lowest BCUT2D eigenvalue weighted by molar-refractivity contribution is -0.229. The van der Waals surface area contributed by atoms with Crippen molar-refractivity contribution in [3.05, 3.63) is 30.5 Å². The van der Waals surface area contributed by atoms with Crippen LogP contribution in [0, 0.1) is 0 Å². The number of aliphatic hydroxyl groups is 3. The summed E-state index contributed by atoms with van der Waals surface area (Å²) in [5.74, 6) is 0.617. The Morgan fingerprint density at radius 2 is 2.10 bits per heavy atom. The van der Waals surface area contributed by atoms with Crippen LogP contribution >= 0.6 is 0 Å². The van der Waals surface area contributed by atoms with E-state index < -0.39 is 24.6 Å². The third kappa shape index (κ3) is 2.38. The maximum absolute atomic E-state index is 9.76. The van der Waals surface area contributed by atoms with Crippen LogP contribution in [0.15, 0.2) is 30.5 Å². The average molecular weight is 279 g/mol. The zero-order valence-corrected chi connectivity index (χ0v) is 10.8. The fraction of sp³-hybridized carbons (Fsp3) is 0.429. The number of benzene rings is 1. The van der Waals surface area contributed by atoms with Crippen molar-refractivity contribution < 1.29 is 24.8 Å². The number of para-hydroxylation sites is 1. The van der Waals surface area contributed by atoms with Crippen molar-refractivity contribution in [2.45, 2.75) is 31.0 Å². The normalized spacial score (nSPS) is 30.6. The molecule has 1 aliphatic heterocycles. The predicted molar refractivity (Wildman–Crippen MR) is 71.3 cm³/mol. The molecule has 1 unspecified atom stereocenters. The molecule has 2 aromatic rings. The highest BCUT2D eigenvalue weighted by Gasteiger charge is 2.37. The minimum absolute atomic E-state index is 0.150. The highest BCUT2D eigenvalue weighted by Crippen LogP contribution is 2.29. The average Bonchev–Trinajstić information content (AvgIpc) is 2.86. The first-order valence-electron chi connectivity index (χ1n) is 6.54. The van der Waals surface area contributed by atoms with Gasteiger partial charge in [0.05, 0.1) is 12.7 Å². The predicted octanol–water partition coefficient (Wildman–Crippen LogP) is 0.376. The van der Waals surface area contributed by atoms with Gasteiger partial charge in [-0.3, -0.25) is 0 Å². The molecule has 3 rings (SSSR count). The van der Waals surface area contributed by atoms with Crippen LogP contribution < -0.4 is 4.74 Å². The number of hydrogen-bond acceptors (Lipinski definition) is 5. The Kier molecular flexibility index (Phi) is 3.62.